The first kappa shape index (κ1) is 20.8. The monoisotopic (exact) mass is 365 g/mol. The van der Waals surface area contributed by atoms with Crippen LogP contribution in [-0.4, -0.2) is 62.4 Å². The minimum absolute atomic E-state index is 0.0345. The number of amides is 1. The van der Waals surface area contributed by atoms with E-state index in [1.165, 1.54) is 11.3 Å². The van der Waals surface area contributed by atoms with Gasteiger partial charge in [0.1, 0.15) is 0 Å². The van der Waals surface area contributed by atoms with E-state index in [1.807, 2.05) is 0 Å². The van der Waals surface area contributed by atoms with Gasteiger partial charge in [0.15, 0.2) is 0 Å². The summed E-state index contributed by atoms with van der Waals surface area (Å²) >= 11 is 0. The molecule has 0 N–H and O–H groups in total. The van der Waals surface area contributed by atoms with Gasteiger partial charge in [-0.15, -0.1) is 4.39 Å². The number of halogens is 1. The Hall–Kier alpha value is -0.286. The highest BCUT2D eigenvalue weighted by Crippen LogP contribution is 2.42. The van der Waals surface area contributed by atoms with Crippen LogP contribution in [0.25, 0.3) is 0 Å². The molecule has 23 heavy (non-hydrogen) atoms. The molecule has 0 aliphatic heterocycles. The van der Waals surface area contributed by atoms with Crippen molar-refractivity contribution in [1.82, 2.24) is 4.90 Å². The van der Waals surface area contributed by atoms with E-state index in [0.29, 0.717) is 5.54 Å². The molecule has 8 heteroatoms. The molecule has 136 valence electrons. The van der Waals surface area contributed by atoms with Crippen molar-refractivity contribution < 1.29 is 22.5 Å². The lowest BCUT2D eigenvalue weighted by Crippen LogP contribution is -2.47. The van der Waals surface area contributed by atoms with Gasteiger partial charge in [-0.3, -0.25) is 0 Å². The Morgan fingerprint density at radius 1 is 1.13 bits per heavy atom. The predicted molar refractivity (Wildman–Crippen MR) is 94.2 cm³/mol. The van der Waals surface area contributed by atoms with Crippen molar-refractivity contribution in [2.45, 2.75) is 62.4 Å². The standard InChI is InChI=1S/C15H32FNO4Si2/c1-17(15(16)18)13-8-7-9-14(12-13)22(5,6)10-11-23(19-2,20-3)21-4/h13-14H,7-12H2,1-6H3. The lowest BCUT2D eigenvalue weighted by atomic mass is 9.94. The Kier molecular flexibility index (Phi) is 7.86. The molecule has 0 aromatic rings. The number of nitrogens with zero attached hydrogens (tertiary/aromatic N) is 1. The molecule has 1 amide bonds. The Morgan fingerprint density at radius 2 is 1.70 bits per heavy atom. The molecule has 2 atom stereocenters. The zero-order valence-corrected chi connectivity index (χ0v) is 17.4. The highest BCUT2D eigenvalue weighted by atomic mass is 28.4. The van der Waals surface area contributed by atoms with Crippen LogP contribution in [0.3, 0.4) is 0 Å². The molecule has 5 nitrogen and oxygen atoms in total. The largest absolute Gasteiger partial charge is 0.499 e. The fourth-order valence-electron chi connectivity index (χ4n) is 3.60. The summed E-state index contributed by atoms with van der Waals surface area (Å²) in [5.74, 6) is 0. The molecule has 1 aliphatic rings. The summed E-state index contributed by atoms with van der Waals surface area (Å²) in [7, 11) is 2.42. The summed E-state index contributed by atoms with van der Waals surface area (Å²) in [5, 5.41) is 0. The first-order chi connectivity index (χ1) is 10.7. The number of hydrogen-bond acceptors (Lipinski definition) is 4. The molecule has 2 unspecified atom stereocenters. The van der Waals surface area contributed by atoms with Crippen LogP contribution in [-0.2, 0) is 13.3 Å². The summed E-state index contributed by atoms with van der Waals surface area (Å²) in [6.07, 6.45) is 2.73. The van der Waals surface area contributed by atoms with Gasteiger partial charge in [0.2, 0.25) is 0 Å². The zero-order chi connectivity index (χ0) is 17.7. The van der Waals surface area contributed by atoms with Crippen LogP contribution in [0.1, 0.15) is 25.7 Å². The highest BCUT2D eigenvalue weighted by molar-refractivity contribution is 6.80. The highest BCUT2D eigenvalue weighted by Gasteiger charge is 2.43. The van der Waals surface area contributed by atoms with Crippen LogP contribution < -0.4 is 0 Å². The van der Waals surface area contributed by atoms with Crippen molar-refractivity contribution in [2.75, 3.05) is 28.4 Å². The van der Waals surface area contributed by atoms with Crippen LogP contribution in [0.5, 0.6) is 0 Å². The number of carbonyl (C=O) groups is 1. The zero-order valence-electron chi connectivity index (χ0n) is 15.4. The van der Waals surface area contributed by atoms with Crippen molar-refractivity contribution in [3.63, 3.8) is 0 Å². The van der Waals surface area contributed by atoms with Gasteiger partial charge in [-0.2, -0.15) is 0 Å². The number of rotatable bonds is 8. The van der Waals surface area contributed by atoms with Gasteiger partial charge >= 0.3 is 15.0 Å². The lowest BCUT2D eigenvalue weighted by Gasteiger charge is -2.41. The smallest absolute Gasteiger partial charge is 0.377 e. The third kappa shape index (κ3) is 5.35. The quantitative estimate of drug-likeness (QED) is 0.372. The van der Waals surface area contributed by atoms with Crippen molar-refractivity contribution in [2.24, 2.45) is 0 Å². The maximum absolute atomic E-state index is 13.0. The van der Waals surface area contributed by atoms with Crippen LogP contribution >= 0.6 is 0 Å². The van der Waals surface area contributed by atoms with Crippen LogP contribution in [0.4, 0.5) is 9.18 Å². The van der Waals surface area contributed by atoms with Crippen LogP contribution in [0, 0.1) is 0 Å². The molecule has 1 fully saturated rings. The van der Waals surface area contributed by atoms with Gasteiger partial charge in [-0.1, -0.05) is 32.0 Å². The normalized spacial score (nSPS) is 22.9. The summed E-state index contributed by atoms with van der Waals surface area (Å²) in [6, 6.07) is 1.90. The molecule has 0 bridgehead atoms. The molecular formula is C15H32FNO4Si2. The number of hydrogen-bond donors (Lipinski definition) is 0. The summed E-state index contributed by atoms with van der Waals surface area (Å²) in [4.78, 5) is 12.3. The van der Waals surface area contributed by atoms with E-state index < -0.39 is 23.0 Å². The van der Waals surface area contributed by atoms with Crippen LogP contribution in [0.2, 0.25) is 30.7 Å². The third-order valence-electron chi connectivity index (χ3n) is 5.59. The maximum atomic E-state index is 13.0. The molecule has 1 rings (SSSR count). The van der Waals surface area contributed by atoms with Gasteiger partial charge in [0.05, 0.1) is 8.07 Å². The predicted octanol–water partition coefficient (Wildman–Crippen LogP) is 3.91. The van der Waals surface area contributed by atoms with Gasteiger partial charge < -0.3 is 18.2 Å². The Morgan fingerprint density at radius 3 is 2.17 bits per heavy atom. The fraction of sp³-hybridized carbons (Fsp3) is 0.933. The second kappa shape index (κ2) is 8.71. The fourth-order valence-corrected chi connectivity index (χ4v) is 10.8. The van der Waals surface area contributed by atoms with Crippen molar-refractivity contribution >= 4 is 23.0 Å². The first-order valence-corrected chi connectivity index (χ1v) is 13.5. The Bertz CT molecular complexity index is 385. The second-order valence-electron chi connectivity index (χ2n) is 7.17. The lowest BCUT2D eigenvalue weighted by molar-refractivity contribution is 0.125. The molecular weight excluding hydrogens is 333 g/mol. The van der Waals surface area contributed by atoms with Crippen molar-refractivity contribution in [3.8, 4) is 0 Å². The van der Waals surface area contributed by atoms with Gasteiger partial charge in [-0.25, -0.2) is 4.79 Å². The molecule has 0 aromatic heterocycles. The van der Waals surface area contributed by atoms with Crippen LogP contribution in [0.15, 0.2) is 0 Å². The average Bonchev–Trinajstić information content (AvgIpc) is 2.56. The van der Waals surface area contributed by atoms with Gasteiger partial charge in [0.25, 0.3) is 0 Å². The number of carbonyl (C=O) groups excluding carboxylic acids is 1. The molecule has 1 saturated carbocycles. The average molecular weight is 366 g/mol. The molecule has 1 aliphatic carbocycles. The van der Waals surface area contributed by atoms with E-state index in [1.54, 1.807) is 28.4 Å². The minimum Gasteiger partial charge on any atom is -0.377 e. The Balaban J connectivity index is 2.69. The maximum Gasteiger partial charge on any atom is 0.499 e. The van der Waals surface area contributed by atoms with E-state index >= 15 is 0 Å². The third-order valence-corrected chi connectivity index (χ3v) is 13.1. The summed E-state index contributed by atoms with van der Waals surface area (Å²) in [5.41, 5.74) is 0.584. The molecule has 0 heterocycles. The first-order valence-electron chi connectivity index (χ1n) is 8.29. The van der Waals surface area contributed by atoms with E-state index in [4.69, 9.17) is 13.3 Å². The topological polar surface area (TPSA) is 48.0 Å². The summed E-state index contributed by atoms with van der Waals surface area (Å²) in [6.45, 7) is 4.74. The van der Waals surface area contributed by atoms with E-state index in [9.17, 15) is 9.18 Å². The molecule has 0 spiro atoms. The van der Waals surface area contributed by atoms with E-state index in [0.717, 1.165) is 31.4 Å². The minimum atomic E-state index is -2.54. The van der Waals surface area contributed by atoms with Crippen molar-refractivity contribution in [1.29, 1.82) is 0 Å². The second-order valence-corrected chi connectivity index (χ2v) is 15.5. The molecule has 0 saturated heterocycles. The van der Waals surface area contributed by atoms with E-state index in [-0.39, 0.29) is 6.04 Å². The van der Waals surface area contributed by atoms with Gasteiger partial charge in [-0.05, 0) is 18.4 Å². The summed E-state index contributed by atoms with van der Waals surface area (Å²) < 4.78 is 29.6. The SMILES string of the molecule is CO[Si](CC[Si](C)(C)C1CCCC(N(C)C(=O)F)C1)(OC)OC. The molecule has 0 radical (unpaired) electrons. The van der Waals surface area contributed by atoms with E-state index in [2.05, 4.69) is 13.1 Å². The van der Waals surface area contributed by atoms with Crippen molar-refractivity contribution in [3.05, 3.63) is 0 Å². The molecule has 0 aromatic carbocycles. The van der Waals surface area contributed by atoms with Gasteiger partial charge in [0, 0.05) is 40.5 Å². The Labute approximate surface area is 141 Å².